The highest BCUT2D eigenvalue weighted by Crippen LogP contribution is 2.65. The Morgan fingerprint density at radius 3 is 2.60 bits per heavy atom. The summed E-state index contributed by atoms with van der Waals surface area (Å²) in [4.78, 5) is 0. The Labute approximate surface area is 123 Å². The maximum Gasteiger partial charge on any atom is 0.0897 e. The van der Waals surface area contributed by atoms with Gasteiger partial charge in [0.25, 0.3) is 0 Å². The molecule has 3 aliphatic carbocycles. The fourth-order valence-corrected chi connectivity index (χ4v) is 4.78. The number of ether oxygens (including phenoxy) is 1. The van der Waals surface area contributed by atoms with E-state index < -0.39 is 0 Å². The first kappa shape index (κ1) is 14.8. The fraction of sp³-hybridized carbons (Fsp3) is 1.00. The summed E-state index contributed by atoms with van der Waals surface area (Å²) in [6.45, 7) is 4.23. The van der Waals surface area contributed by atoms with Crippen LogP contribution in [0.1, 0.15) is 51.9 Å². The monoisotopic (exact) mass is 281 g/mol. The number of unbranched alkanes of at least 4 members (excludes halogenated alkanes) is 3. The average molecular weight is 281 g/mol. The molecule has 3 rings (SSSR count). The van der Waals surface area contributed by atoms with E-state index in [2.05, 4.69) is 12.2 Å². The number of aliphatic hydroxyl groups is 1. The molecule has 3 fully saturated rings. The summed E-state index contributed by atoms with van der Waals surface area (Å²) < 4.78 is 5.55. The van der Waals surface area contributed by atoms with Crippen molar-refractivity contribution in [3.8, 4) is 0 Å². The SMILES string of the molecule is CCCCCCOCC(O)CNC1C2C3CCC(C3)C12. The number of aliphatic hydroxyl groups excluding tert-OH is 1. The van der Waals surface area contributed by atoms with E-state index in [1.807, 2.05) is 0 Å². The van der Waals surface area contributed by atoms with E-state index in [0.717, 1.165) is 42.7 Å². The van der Waals surface area contributed by atoms with Gasteiger partial charge in [0.05, 0.1) is 12.7 Å². The summed E-state index contributed by atoms with van der Waals surface area (Å²) in [7, 11) is 0. The Hall–Kier alpha value is -0.120. The van der Waals surface area contributed by atoms with Crippen LogP contribution in [0, 0.1) is 23.7 Å². The highest BCUT2D eigenvalue weighted by molar-refractivity contribution is 5.16. The second kappa shape index (κ2) is 6.76. The lowest BCUT2D eigenvalue weighted by atomic mass is 10.0. The highest BCUT2D eigenvalue weighted by Gasteiger charge is 2.64. The Kier molecular flexibility index (Phi) is 5.00. The molecule has 20 heavy (non-hydrogen) atoms. The van der Waals surface area contributed by atoms with Gasteiger partial charge in [-0.3, -0.25) is 0 Å². The summed E-state index contributed by atoms with van der Waals surface area (Å²) in [6.07, 6.45) is 9.03. The first-order valence-corrected chi connectivity index (χ1v) is 8.80. The molecule has 116 valence electrons. The summed E-state index contributed by atoms with van der Waals surface area (Å²) in [5.74, 6) is 3.93. The van der Waals surface area contributed by atoms with E-state index in [-0.39, 0.29) is 6.10 Å². The third-order valence-electron chi connectivity index (χ3n) is 5.78. The molecule has 0 aliphatic heterocycles. The molecule has 3 aliphatic rings. The molecule has 0 radical (unpaired) electrons. The van der Waals surface area contributed by atoms with Gasteiger partial charge in [0.15, 0.2) is 0 Å². The van der Waals surface area contributed by atoms with E-state index in [9.17, 15) is 5.11 Å². The van der Waals surface area contributed by atoms with Crippen molar-refractivity contribution in [3.63, 3.8) is 0 Å². The van der Waals surface area contributed by atoms with Crippen LogP contribution in [0.3, 0.4) is 0 Å². The molecule has 3 nitrogen and oxygen atoms in total. The second-order valence-electron chi connectivity index (χ2n) is 7.21. The van der Waals surface area contributed by atoms with Crippen LogP contribution in [0.2, 0.25) is 0 Å². The topological polar surface area (TPSA) is 41.5 Å². The predicted octanol–water partition coefficient (Wildman–Crippen LogP) is 2.58. The van der Waals surface area contributed by atoms with Crippen LogP contribution in [0.25, 0.3) is 0 Å². The maximum atomic E-state index is 9.95. The summed E-state index contributed by atoms with van der Waals surface area (Å²) in [5.41, 5.74) is 0. The van der Waals surface area contributed by atoms with Crippen LogP contribution in [-0.4, -0.2) is 37.0 Å². The minimum atomic E-state index is -0.333. The van der Waals surface area contributed by atoms with Gasteiger partial charge in [-0.15, -0.1) is 0 Å². The lowest BCUT2D eigenvalue weighted by molar-refractivity contribution is 0.0348. The van der Waals surface area contributed by atoms with Crippen molar-refractivity contribution in [1.82, 2.24) is 5.32 Å². The zero-order valence-corrected chi connectivity index (χ0v) is 12.9. The molecule has 3 heteroatoms. The van der Waals surface area contributed by atoms with Crippen LogP contribution in [0.5, 0.6) is 0 Å². The van der Waals surface area contributed by atoms with Crippen molar-refractivity contribution in [2.24, 2.45) is 23.7 Å². The molecular weight excluding hydrogens is 250 g/mol. The molecule has 2 N–H and O–H groups in total. The lowest BCUT2D eigenvalue weighted by Gasteiger charge is -2.14. The number of fused-ring (bicyclic) bond motifs is 5. The van der Waals surface area contributed by atoms with Gasteiger partial charge in [0.1, 0.15) is 0 Å². The van der Waals surface area contributed by atoms with E-state index in [0.29, 0.717) is 13.2 Å². The Morgan fingerprint density at radius 1 is 1.15 bits per heavy atom. The first-order chi connectivity index (χ1) is 9.81. The van der Waals surface area contributed by atoms with Crippen molar-refractivity contribution in [1.29, 1.82) is 0 Å². The van der Waals surface area contributed by atoms with E-state index in [1.165, 1.54) is 38.5 Å². The molecule has 0 spiro atoms. The van der Waals surface area contributed by atoms with Crippen LogP contribution in [0.4, 0.5) is 0 Å². The predicted molar refractivity (Wildman–Crippen MR) is 80.6 cm³/mol. The van der Waals surface area contributed by atoms with Gasteiger partial charge < -0.3 is 15.2 Å². The Balaban J connectivity index is 1.21. The van der Waals surface area contributed by atoms with Crippen LogP contribution in [0.15, 0.2) is 0 Å². The first-order valence-electron chi connectivity index (χ1n) is 8.80. The molecule has 0 aromatic carbocycles. The number of hydrogen-bond donors (Lipinski definition) is 2. The zero-order chi connectivity index (χ0) is 13.9. The smallest absolute Gasteiger partial charge is 0.0897 e. The minimum absolute atomic E-state index is 0.333. The molecule has 0 saturated heterocycles. The summed E-state index contributed by atoms with van der Waals surface area (Å²) in [5, 5.41) is 13.5. The van der Waals surface area contributed by atoms with Crippen LogP contribution < -0.4 is 5.32 Å². The number of nitrogens with one attached hydrogen (secondary N) is 1. The van der Waals surface area contributed by atoms with Gasteiger partial charge >= 0.3 is 0 Å². The van der Waals surface area contributed by atoms with Crippen molar-refractivity contribution >= 4 is 0 Å². The molecular formula is C17H31NO2. The van der Waals surface area contributed by atoms with Crippen molar-refractivity contribution < 1.29 is 9.84 Å². The number of hydrogen-bond acceptors (Lipinski definition) is 3. The van der Waals surface area contributed by atoms with Gasteiger partial charge in [0, 0.05) is 19.2 Å². The standard InChI is InChI=1S/C17H31NO2/c1-2-3-4-5-8-20-11-14(19)10-18-17-15-12-6-7-13(9-12)16(15)17/h12-19H,2-11H2,1H3. The largest absolute Gasteiger partial charge is 0.389 e. The second-order valence-corrected chi connectivity index (χ2v) is 7.21. The van der Waals surface area contributed by atoms with E-state index in [4.69, 9.17) is 4.74 Å². The van der Waals surface area contributed by atoms with Crippen molar-refractivity contribution in [2.45, 2.75) is 64.0 Å². The van der Waals surface area contributed by atoms with Crippen molar-refractivity contribution in [2.75, 3.05) is 19.8 Å². The van der Waals surface area contributed by atoms with Crippen LogP contribution >= 0.6 is 0 Å². The normalized spacial score (nSPS) is 39.0. The van der Waals surface area contributed by atoms with E-state index in [1.54, 1.807) is 0 Å². The molecule has 5 unspecified atom stereocenters. The zero-order valence-electron chi connectivity index (χ0n) is 12.9. The maximum absolute atomic E-state index is 9.95. The lowest BCUT2D eigenvalue weighted by Crippen LogP contribution is -2.34. The molecule has 0 heterocycles. The van der Waals surface area contributed by atoms with Gasteiger partial charge in [-0.25, -0.2) is 0 Å². The Bertz CT molecular complexity index is 293. The van der Waals surface area contributed by atoms with Gasteiger partial charge in [-0.1, -0.05) is 26.2 Å². The van der Waals surface area contributed by atoms with Gasteiger partial charge in [0.2, 0.25) is 0 Å². The number of rotatable bonds is 10. The molecule has 3 saturated carbocycles. The summed E-state index contributed by atoms with van der Waals surface area (Å²) >= 11 is 0. The minimum Gasteiger partial charge on any atom is -0.389 e. The fourth-order valence-electron chi connectivity index (χ4n) is 4.78. The molecule has 0 aromatic heterocycles. The summed E-state index contributed by atoms with van der Waals surface area (Å²) in [6, 6.07) is 0.723. The van der Waals surface area contributed by atoms with Crippen molar-refractivity contribution in [3.05, 3.63) is 0 Å². The molecule has 2 bridgehead atoms. The van der Waals surface area contributed by atoms with E-state index >= 15 is 0 Å². The highest BCUT2D eigenvalue weighted by atomic mass is 16.5. The quantitative estimate of drug-likeness (QED) is 0.605. The van der Waals surface area contributed by atoms with Crippen LogP contribution in [-0.2, 0) is 4.74 Å². The average Bonchev–Trinajstić information content (AvgIpc) is 2.83. The van der Waals surface area contributed by atoms with Gasteiger partial charge in [-0.05, 0) is 49.4 Å². The van der Waals surface area contributed by atoms with Gasteiger partial charge in [-0.2, -0.15) is 0 Å². The molecule has 0 aromatic rings. The molecule has 0 amide bonds. The third-order valence-corrected chi connectivity index (χ3v) is 5.78. The Morgan fingerprint density at radius 2 is 1.90 bits per heavy atom. The molecule has 5 atom stereocenters. The third kappa shape index (κ3) is 3.20.